The molecule has 4 heteroatoms. The molecule has 1 aromatic rings. The van der Waals surface area contributed by atoms with Crippen molar-refractivity contribution in [3.05, 3.63) is 21.3 Å². The van der Waals surface area contributed by atoms with Gasteiger partial charge in [-0.05, 0) is 57.8 Å². The Balaban J connectivity index is 1.75. The maximum Gasteiger partial charge on any atom is 0.0931 e. The van der Waals surface area contributed by atoms with Gasteiger partial charge in [0.2, 0.25) is 0 Å². The van der Waals surface area contributed by atoms with Crippen LogP contribution in [-0.2, 0) is 0 Å². The standard InChI is InChI=1S/C15H23ClN2S/c1-11(14-7-8-15(16)19-14)18-10-3-2-6-13(18)12-5-4-9-17-12/h7-8,11-13,17H,2-6,9-10H2,1H3. The van der Waals surface area contributed by atoms with Crippen molar-refractivity contribution in [2.75, 3.05) is 13.1 Å². The quantitative estimate of drug-likeness (QED) is 0.905. The van der Waals surface area contributed by atoms with Crippen molar-refractivity contribution < 1.29 is 0 Å². The molecule has 0 radical (unpaired) electrons. The van der Waals surface area contributed by atoms with Crippen LogP contribution in [0.15, 0.2) is 12.1 Å². The summed E-state index contributed by atoms with van der Waals surface area (Å²) in [4.78, 5) is 4.13. The van der Waals surface area contributed by atoms with E-state index in [0.717, 1.165) is 4.34 Å². The lowest BCUT2D eigenvalue weighted by Gasteiger charge is -2.42. The van der Waals surface area contributed by atoms with Gasteiger partial charge in [0.1, 0.15) is 0 Å². The Hall–Kier alpha value is -0.0900. The minimum Gasteiger partial charge on any atom is -0.312 e. The van der Waals surface area contributed by atoms with E-state index in [2.05, 4.69) is 23.2 Å². The second kappa shape index (κ2) is 6.13. The third-order valence-electron chi connectivity index (χ3n) is 4.66. The molecule has 2 fully saturated rings. The summed E-state index contributed by atoms with van der Waals surface area (Å²) in [6, 6.07) is 6.16. The highest BCUT2D eigenvalue weighted by Gasteiger charge is 2.34. The molecule has 0 spiro atoms. The average molecular weight is 299 g/mol. The van der Waals surface area contributed by atoms with E-state index in [1.807, 2.05) is 6.07 Å². The lowest BCUT2D eigenvalue weighted by Crippen LogP contribution is -2.50. The fourth-order valence-electron chi connectivity index (χ4n) is 3.65. The van der Waals surface area contributed by atoms with Crippen molar-refractivity contribution >= 4 is 22.9 Å². The number of hydrogen-bond acceptors (Lipinski definition) is 3. The molecule has 106 valence electrons. The third-order valence-corrected chi connectivity index (χ3v) is 6.06. The molecule has 0 amide bonds. The zero-order valence-corrected chi connectivity index (χ0v) is 13.1. The maximum absolute atomic E-state index is 6.09. The van der Waals surface area contributed by atoms with Gasteiger partial charge < -0.3 is 5.32 Å². The predicted molar refractivity (Wildman–Crippen MR) is 83.1 cm³/mol. The molecule has 2 aliphatic rings. The zero-order valence-electron chi connectivity index (χ0n) is 11.6. The molecule has 1 aromatic heterocycles. The van der Waals surface area contributed by atoms with Crippen LogP contribution in [0.5, 0.6) is 0 Å². The van der Waals surface area contributed by atoms with E-state index in [1.165, 1.54) is 50.1 Å². The summed E-state index contributed by atoms with van der Waals surface area (Å²) in [5.41, 5.74) is 0. The second-order valence-electron chi connectivity index (χ2n) is 5.82. The van der Waals surface area contributed by atoms with Crippen LogP contribution in [0.4, 0.5) is 0 Å². The van der Waals surface area contributed by atoms with Crippen LogP contribution in [0.3, 0.4) is 0 Å². The molecule has 2 aliphatic heterocycles. The number of piperidine rings is 1. The summed E-state index contributed by atoms with van der Waals surface area (Å²) < 4.78 is 0.911. The van der Waals surface area contributed by atoms with Gasteiger partial charge in [0.15, 0.2) is 0 Å². The molecule has 0 saturated carbocycles. The molecule has 1 N–H and O–H groups in total. The molecular weight excluding hydrogens is 276 g/mol. The van der Waals surface area contributed by atoms with Crippen LogP contribution in [0, 0.1) is 0 Å². The lowest BCUT2D eigenvalue weighted by atomic mass is 9.93. The summed E-state index contributed by atoms with van der Waals surface area (Å²) in [6.45, 7) is 4.78. The molecule has 3 unspecified atom stereocenters. The summed E-state index contributed by atoms with van der Waals surface area (Å²) >= 11 is 7.83. The van der Waals surface area contributed by atoms with Gasteiger partial charge in [-0.3, -0.25) is 4.90 Å². The number of thiophene rings is 1. The zero-order chi connectivity index (χ0) is 13.2. The maximum atomic E-state index is 6.09. The summed E-state index contributed by atoms with van der Waals surface area (Å²) in [7, 11) is 0. The van der Waals surface area contributed by atoms with Crippen molar-refractivity contribution in [2.24, 2.45) is 0 Å². The number of rotatable bonds is 3. The first-order valence-electron chi connectivity index (χ1n) is 7.50. The number of likely N-dealkylation sites (tertiary alicyclic amines) is 1. The molecule has 19 heavy (non-hydrogen) atoms. The first-order valence-corrected chi connectivity index (χ1v) is 8.69. The number of nitrogens with one attached hydrogen (secondary N) is 1. The van der Waals surface area contributed by atoms with Crippen molar-refractivity contribution in [3.63, 3.8) is 0 Å². The van der Waals surface area contributed by atoms with Crippen molar-refractivity contribution in [3.8, 4) is 0 Å². The van der Waals surface area contributed by atoms with E-state index < -0.39 is 0 Å². The van der Waals surface area contributed by atoms with E-state index >= 15 is 0 Å². The topological polar surface area (TPSA) is 15.3 Å². The Kier molecular flexibility index (Phi) is 4.47. The van der Waals surface area contributed by atoms with Gasteiger partial charge in [0, 0.05) is 23.0 Å². The minimum absolute atomic E-state index is 0.505. The molecule has 3 rings (SSSR count). The van der Waals surface area contributed by atoms with Gasteiger partial charge in [-0.2, -0.15) is 0 Å². The summed E-state index contributed by atoms with van der Waals surface area (Å²) in [5.74, 6) is 0. The normalized spacial score (nSPS) is 30.6. The molecule has 3 atom stereocenters. The summed E-state index contributed by atoms with van der Waals surface area (Å²) in [6.07, 6.45) is 6.76. The Morgan fingerprint density at radius 3 is 2.89 bits per heavy atom. The van der Waals surface area contributed by atoms with Crippen molar-refractivity contribution in [1.82, 2.24) is 10.2 Å². The second-order valence-corrected chi connectivity index (χ2v) is 7.57. The van der Waals surface area contributed by atoms with Crippen LogP contribution < -0.4 is 5.32 Å². The highest BCUT2D eigenvalue weighted by Crippen LogP contribution is 2.35. The Labute approximate surface area is 125 Å². The fraction of sp³-hybridized carbons (Fsp3) is 0.733. The van der Waals surface area contributed by atoms with E-state index in [9.17, 15) is 0 Å². The fourth-order valence-corrected chi connectivity index (χ4v) is 4.78. The number of nitrogens with zero attached hydrogens (tertiary/aromatic N) is 1. The van der Waals surface area contributed by atoms with E-state index in [0.29, 0.717) is 18.1 Å². The van der Waals surface area contributed by atoms with E-state index in [-0.39, 0.29) is 0 Å². The Morgan fingerprint density at radius 1 is 1.32 bits per heavy atom. The molecular formula is C15H23ClN2S. The SMILES string of the molecule is CC(c1ccc(Cl)s1)N1CCCCC1C1CCCN1. The van der Waals surface area contributed by atoms with Crippen LogP contribution >= 0.6 is 22.9 Å². The smallest absolute Gasteiger partial charge is 0.0931 e. The molecule has 3 heterocycles. The largest absolute Gasteiger partial charge is 0.312 e. The highest BCUT2D eigenvalue weighted by molar-refractivity contribution is 7.16. The predicted octanol–water partition coefficient (Wildman–Crippen LogP) is 4.07. The Morgan fingerprint density at radius 2 is 2.21 bits per heavy atom. The van der Waals surface area contributed by atoms with Crippen LogP contribution in [0.2, 0.25) is 4.34 Å². The molecule has 0 bridgehead atoms. The van der Waals surface area contributed by atoms with Gasteiger partial charge in [0.25, 0.3) is 0 Å². The first-order chi connectivity index (χ1) is 9.25. The average Bonchev–Trinajstić information content (AvgIpc) is 3.09. The van der Waals surface area contributed by atoms with Gasteiger partial charge in [-0.1, -0.05) is 18.0 Å². The van der Waals surface area contributed by atoms with Crippen molar-refractivity contribution in [1.29, 1.82) is 0 Å². The van der Waals surface area contributed by atoms with Gasteiger partial charge in [-0.15, -0.1) is 11.3 Å². The van der Waals surface area contributed by atoms with Crippen LogP contribution in [-0.4, -0.2) is 30.1 Å². The highest BCUT2D eigenvalue weighted by atomic mass is 35.5. The minimum atomic E-state index is 0.505. The Bertz CT molecular complexity index is 414. The van der Waals surface area contributed by atoms with E-state index in [4.69, 9.17) is 11.6 Å². The third kappa shape index (κ3) is 2.99. The van der Waals surface area contributed by atoms with Crippen LogP contribution in [0.1, 0.15) is 49.9 Å². The number of halogens is 1. The number of hydrogen-bond donors (Lipinski definition) is 1. The molecule has 0 aromatic carbocycles. The molecule has 0 aliphatic carbocycles. The lowest BCUT2D eigenvalue weighted by molar-refractivity contribution is 0.0818. The van der Waals surface area contributed by atoms with Gasteiger partial charge in [-0.25, -0.2) is 0 Å². The summed E-state index contributed by atoms with van der Waals surface area (Å²) in [5, 5.41) is 3.70. The molecule has 2 nitrogen and oxygen atoms in total. The van der Waals surface area contributed by atoms with Gasteiger partial charge >= 0.3 is 0 Å². The van der Waals surface area contributed by atoms with E-state index in [1.54, 1.807) is 11.3 Å². The van der Waals surface area contributed by atoms with Crippen molar-refractivity contribution in [2.45, 2.75) is 57.2 Å². The van der Waals surface area contributed by atoms with Gasteiger partial charge in [0.05, 0.1) is 4.34 Å². The monoisotopic (exact) mass is 298 g/mol. The van der Waals surface area contributed by atoms with Crippen LogP contribution in [0.25, 0.3) is 0 Å². The molecule has 2 saturated heterocycles. The first kappa shape index (κ1) is 13.9.